The molecule has 0 fully saturated rings. The van der Waals surface area contributed by atoms with Crippen molar-refractivity contribution in [2.75, 3.05) is 13.2 Å². The van der Waals surface area contributed by atoms with E-state index in [2.05, 4.69) is 0 Å². The molecule has 0 unspecified atom stereocenters. The first-order valence-corrected chi connectivity index (χ1v) is 8.53. The molecule has 0 bridgehead atoms. The normalized spacial score (nSPS) is 10.7. The Labute approximate surface area is 137 Å². The standard InChI is InChI=1S/C15H26Cl2O4/c1-2-11-20-14(18)9-7-5-3-4-6-8-10-15(19)21-12-13(16)17/h13H,2-12H2,1H3. The number of carbonyl (C=O) groups excluding carboxylic acids is 2. The van der Waals surface area contributed by atoms with E-state index in [-0.39, 0.29) is 18.5 Å². The average molecular weight is 341 g/mol. The summed E-state index contributed by atoms with van der Waals surface area (Å²) < 4.78 is 9.85. The third-order valence-corrected chi connectivity index (χ3v) is 3.10. The van der Waals surface area contributed by atoms with E-state index in [1.165, 1.54) is 0 Å². The highest BCUT2D eigenvalue weighted by molar-refractivity contribution is 6.44. The van der Waals surface area contributed by atoms with Gasteiger partial charge in [0.1, 0.15) is 11.4 Å². The molecule has 4 nitrogen and oxygen atoms in total. The second-order valence-electron chi connectivity index (χ2n) is 4.92. The molecule has 0 radical (unpaired) electrons. The third kappa shape index (κ3) is 15.7. The molecule has 0 aliphatic carbocycles. The van der Waals surface area contributed by atoms with Crippen LogP contribution in [0.25, 0.3) is 0 Å². The van der Waals surface area contributed by atoms with Gasteiger partial charge in [-0.2, -0.15) is 0 Å². The molecule has 21 heavy (non-hydrogen) atoms. The van der Waals surface area contributed by atoms with Crippen LogP contribution >= 0.6 is 23.2 Å². The molecule has 0 aromatic heterocycles. The highest BCUT2D eigenvalue weighted by Crippen LogP contribution is 2.10. The molecule has 124 valence electrons. The number of hydrogen-bond acceptors (Lipinski definition) is 4. The summed E-state index contributed by atoms with van der Waals surface area (Å²) in [7, 11) is 0. The Bertz CT molecular complexity index is 283. The van der Waals surface area contributed by atoms with Crippen LogP contribution in [0.1, 0.15) is 64.7 Å². The zero-order valence-corrected chi connectivity index (χ0v) is 14.3. The van der Waals surface area contributed by atoms with Crippen LogP contribution in [0.2, 0.25) is 0 Å². The summed E-state index contributed by atoms with van der Waals surface area (Å²) in [6.45, 7) is 2.55. The van der Waals surface area contributed by atoms with Crippen LogP contribution in [0.3, 0.4) is 0 Å². The summed E-state index contributed by atoms with van der Waals surface area (Å²) in [6.07, 6.45) is 7.60. The summed E-state index contributed by atoms with van der Waals surface area (Å²) in [5.41, 5.74) is 0. The number of halogens is 2. The Morgan fingerprint density at radius 2 is 1.33 bits per heavy atom. The second kappa shape index (κ2) is 14.5. The molecule has 0 aliphatic rings. The SMILES string of the molecule is CCCOC(=O)CCCCCCCCC(=O)OCC(Cl)Cl. The van der Waals surface area contributed by atoms with Crippen molar-refractivity contribution in [3.63, 3.8) is 0 Å². The molecule has 0 aromatic carbocycles. The number of esters is 2. The van der Waals surface area contributed by atoms with Crippen LogP contribution in [-0.2, 0) is 19.1 Å². The summed E-state index contributed by atoms with van der Waals surface area (Å²) in [5, 5.41) is 0. The Hall–Kier alpha value is -0.480. The second-order valence-corrected chi connectivity index (χ2v) is 6.19. The average Bonchev–Trinajstić information content (AvgIpc) is 2.45. The van der Waals surface area contributed by atoms with Gasteiger partial charge < -0.3 is 9.47 Å². The fraction of sp³-hybridized carbons (Fsp3) is 0.867. The molecule has 0 amide bonds. The van der Waals surface area contributed by atoms with Gasteiger partial charge >= 0.3 is 11.9 Å². The van der Waals surface area contributed by atoms with Gasteiger partial charge in [0.05, 0.1) is 6.61 Å². The third-order valence-electron chi connectivity index (χ3n) is 2.85. The maximum absolute atomic E-state index is 11.3. The molecule has 0 aliphatic heterocycles. The number of hydrogen-bond donors (Lipinski definition) is 0. The quantitative estimate of drug-likeness (QED) is 0.283. The van der Waals surface area contributed by atoms with E-state index in [4.69, 9.17) is 32.7 Å². The lowest BCUT2D eigenvalue weighted by atomic mass is 10.1. The topological polar surface area (TPSA) is 52.6 Å². The molecule has 6 heteroatoms. The molecular weight excluding hydrogens is 315 g/mol. The van der Waals surface area contributed by atoms with E-state index >= 15 is 0 Å². The van der Waals surface area contributed by atoms with E-state index < -0.39 is 4.84 Å². The fourth-order valence-electron chi connectivity index (χ4n) is 1.76. The van der Waals surface area contributed by atoms with Crippen LogP contribution < -0.4 is 0 Å². The Balaban J connectivity index is 3.25. The van der Waals surface area contributed by atoms with E-state index in [0.717, 1.165) is 44.9 Å². The van der Waals surface area contributed by atoms with Gasteiger partial charge in [0.2, 0.25) is 0 Å². The van der Waals surface area contributed by atoms with Gasteiger partial charge in [-0.3, -0.25) is 9.59 Å². The molecule has 0 aromatic rings. The Kier molecular flexibility index (Phi) is 14.1. The van der Waals surface area contributed by atoms with Gasteiger partial charge in [-0.1, -0.05) is 32.6 Å². The molecule has 0 rings (SSSR count). The maximum atomic E-state index is 11.3. The van der Waals surface area contributed by atoms with Gasteiger partial charge in [-0.15, -0.1) is 23.2 Å². The van der Waals surface area contributed by atoms with Crippen LogP contribution in [-0.4, -0.2) is 30.0 Å². The van der Waals surface area contributed by atoms with Crippen molar-refractivity contribution in [1.82, 2.24) is 0 Å². The number of carbonyl (C=O) groups is 2. The minimum atomic E-state index is -0.655. The van der Waals surface area contributed by atoms with Crippen molar-refractivity contribution in [3.05, 3.63) is 0 Å². The van der Waals surface area contributed by atoms with Crippen molar-refractivity contribution in [1.29, 1.82) is 0 Å². The molecule has 0 saturated carbocycles. The number of rotatable bonds is 13. The van der Waals surface area contributed by atoms with Crippen LogP contribution in [0, 0.1) is 0 Å². The number of alkyl halides is 2. The van der Waals surface area contributed by atoms with E-state index in [0.29, 0.717) is 19.4 Å². The van der Waals surface area contributed by atoms with Crippen LogP contribution in [0.15, 0.2) is 0 Å². The number of unbranched alkanes of at least 4 members (excludes halogenated alkanes) is 5. The lowest BCUT2D eigenvalue weighted by Crippen LogP contribution is -2.09. The Morgan fingerprint density at radius 1 is 0.857 bits per heavy atom. The molecule has 0 heterocycles. The predicted molar refractivity (Wildman–Crippen MR) is 84.6 cm³/mol. The fourth-order valence-corrected chi connectivity index (χ4v) is 1.89. The van der Waals surface area contributed by atoms with Gasteiger partial charge in [-0.25, -0.2) is 0 Å². The van der Waals surface area contributed by atoms with E-state index in [1.54, 1.807) is 0 Å². The van der Waals surface area contributed by atoms with E-state index in [9.17, 15) is 9.59 Å². The first kappa shape index (κ1) is 20.5. The predicted octanol–water partition coefficient (Wildman–Crippen LogP) is 4.41. The van der Waals surface area contributed by atoms with E-state index in [1.807, 2.05) is 6.92 Å². The molecular formula is C15H26Cl2O4. The van der Waals surface area contributed by atoms with Crippen LogP contribution in [0.4, 0.5) is 0 Å². The monoisotopic (exact) mass is 340 g/mol. The van der Waals surface area contributed by atoms with Crippen molar-refractivity contribution >= 4 is 35.1 Å². The molecule has 0 N–H and O–H groups in total. The highest BCUT2D eigenvalue weighted by Gasteiger charge is 2.06. The minimum absolute atomic E-state index is 0.0517. The van der Waals surface area contributed by atoms with Gasteiger partial charge in [0.25, 0.3) is 0 Å². The molecule has 0 saturated heterocycles. The lowest BCUT2D eigenvalue weighted by Gasteiger charge is -2.05. The van der Waals surface area contributed by atoms with Crippen LogP contribution in [0.5, 0.6) is 0 Å². The largest absolute Gasteiger partial charge is 0.466 e. The highest BCUT2D eigenvalue weighted by atomic mass is 35.5. The van der Waals surface area contributed by atoms with Crippen molar-refractivity contribution in [2.24, 2.45) is 0 Å². The van der Waals surface area contributed by atoms with Crippen molar-refractivity contribution in [3.8, 4) is 0 Å². The summed E-state index contributed by atoms with van der Waals surface area (Å²) in [5.74, 6) is -0.351. The minimum Gasteiger partial charge on any atom is -0.466 e. The smallest absolute Gasteiger partial charge is 0.305 e. The summed E-state index contributed by atoms with van der Waals surface area (Å²) in [4.78, 5) is 21.8. The zero-order chi connectivity index (χ0) is 15.9. The maximum Gasteiger partial charge on any atom is 0.305 e. The zero-order valence-electron chi connectivity index (χ0n) is 12.7. The Morgan fingerprint density at radius 3 is 1.81 bits per heavy atom. The molecule has 0 spiro atoms. The lowest BCUT2D eigenvalue weighted by molar-refractivity contribution is -0.144. The summed E-state index contributed by atoms with van der Waals surface area (Å²) >= 11 is 10.9. The first-order valence-electron chi connectivity index (χ1n) is 7.65. The van der Waals surface area contributed by atoms with Gasteiger partial charge in [0.15, 0.2) is 0 Å². The molecule has 0 atom stereocenters. The van der Waals surface area contributed by atoms with Gasteiger partial charge in [-0.05, 0) is 19.3 Å². The number of ether oxygens (including phenoxy) is 2. The van der Waals surface area contributed by atoms with Gasteiger partial charge in [0, 0.05) is 12.8 Å². The van der Waals surface area contributed by atoms with Crippen molar-refractivity contribution in [2.45, 2.75) is 69.5 Å². The first-order chi connectivity index (χ1) is 10.1. The van der Waals surface area contributed by atoms with Crippen molar-refractivity contribution < 1.29 is 19.1 Å². The summed E-state index contributed by atoms with van der Waals surface area (Å²) in [6, 6.07) is 0.